The van der Waals surface area contributed by atoms with Crippen molar-refractivity contribution in [2.24, 2.45) is 0 Å². The Morgan fingerprint density at radius 2 is 2.33 bits per heavy atom. The van der Waals surface area contributed by atoms with Gasteiger partial charge in [0, 0.05) is 12.2 Å². The van der Waals surface area contributed by atoms with Gasteiger partial charge in [-0.25, -0.2) is 0 Å². The molecular weight excluding hydrogens is 216 g/mol. The standard InChI is InChI=1S/C9H14N2O3S/c1-2-3-4-7-10-11-9(14-7)15-6-5-8(12)13/h2-6H2,1H3,(H,12,13). The maximum absolute atomic E-state index is 10.3. The Morgan fingerprint density at radius 3 is 3.00 bits per heavy atom. The fourth-order valence-corrected chi connectivity index (χ4v) is 1.66. The zero-order chi connectivity index (χ0) is 11.1. The topological polar surface area (TPSA) is 76.2 Å². The van der Waals surface area contributed by atoms with Crippen molar-refractivity contribution < 1.29 is 14.3 Å². The monoisotopic (exact) mass is 230 g/mol. The van der Waals surface area contributed by atoms with Crippen LogP contribution in [0.1, 0.15) is 32.1 Å². The molecule has 0 aromatic carbocycles. The third-order valence-electron chi connectivity index (χ3n) is 1.73. The lowest BCUT2D eigenvalue weighted by molar-refractivity contribution is -0.136. The molecule has 0 saturated heterocycles. The number of aromatic nitrogens is 2. The van der Waals surface area contributed by atoms with Crippen LogP contribution in [-0.2, 0) is 11.2 Å². The summed E-state index contributed by atoms with van der Waals surface area (Å²) in [5, 5.41) is 16.6. The minimum absolute atomic E-state index is 0.108. The predicted molar refractivity (Wildman–Crippen MR) is 55.9 cm³/mol. The average molecular weight is 230 g/mol. The number of carboxylic acid groups (broad SMARTS) is 1. The Labute approximate surface area is 92.3 Å². The van der Waals surface area contributed by atoms with E-state index in [-0.39, 0.29) is 6.42 Å². The van der Waals surface area contributed by atoms with Crippen LogP contribution in [0.25, 0.3) is 0 Å². The molecule has 15 heavy (non-hydrogen) atoms. The minimum Gasteiger partial charge on any atom is -0.481 e. The highest BCUT2D eigenvalue weighted by Gasteiger charge is 2.06. The Balaban J connectivity index is 2.29. The van der Waals surface area contributed by atoms with Crippen LogP contribution in [0.2, 0.25) is 0 Å². The summed E-state index contributed by atoms with van der Waals surface area (Å²) >= 11 is 1.28. The van der Waals surface area contributed by atoms with Crippen LogP contribution < -0.4 is 0 Å². The van der Waals surface area contributed by atoms with Crippen molar-refractivity contribution in [1.29, 1.82) is 0 Å². The maximum Gasteiger partial charge on any atom is 0.304 e. The lowest BCUT2D eigenvalue weighted by Gasteiger charge is -1.92. The molecule has 1 heterocycles. The minimum atomic E-state index is -0.812. The van der Waals surface area contributed by atoms with Crippen molar-refractivity contribution in [3.63, 3.8) is 0 Å². The first-order valence-corrected chi connectivity index (χ1v) is 5.88. The molecule has 0 aliphatic rings. The molecular formula is C9H14N2O3S. The quantitative estimate of drug-likeness (QED) is 0.722. The summed E-state index contributed by atoms with van der Waals surface area (Å²) in [5.74, 6) is 0.285. The molecule has 0 spiro atoms. The summed E-state index contributed by atoms with van der Waals surface area (Å²) in [4.78, 5) is 10.3. The van der Waals surface area contributed by atoms with Gasteiger partial charge in [0.05, 0.1) is 6.42 Å². The van der Waals surface area contributed by atoms with Crippen molar-refractivity contribution in [1.82, 2.24) is 10.2 Å². The Kier molecular flexibility index (Phi) is 5.17. The van der Waals surface area contributed by atoms with E-state index < -0.39 is 5.97 Å². The van der Waals surface area contributed by atoms with Gasteiger partial charge in [0.25, 0.3) is 5.22 Å². The number of thioether (sulfide) groups is 1. The van der Waals surface area contributed by atoms with Gasteiger partial charge in [-0.05, 0) is 6.42 Å². The highest BCUT2D eigenvalue weighted by atomic mass is 32.2. The number of hydrogen-bond acceptors (Lipinski definition) is 5. The van der Waals surface area contributed by atoms with Gasteiger partial charge >= 0.3 is 5.97 Å². The van der Waals surface area contributed by atoms with Gasteiger partial charge in [0.2, 0.25) is 5.89 Å². The molecule has 0 bridgehead atoms. The second-order valence-electron chi connectivity index (χ2n) is 3.06. The zero-order valence-electron chi connectivity index (χ0n) is 8.60. The zero-order valence-corrected chi connectivity index (χ0v) is 9.42. The fourth-order valence-electron chi connectivity index (χ4n) is 0.951. The maximum atomic E-state index is 10.3. The third kappa shape index (κ3) is 4.83. The molecule has 6 heteroatoms. The SMILES string of the molecule is CCCCc1nnc(SCCC(=O)O)o1. The first kappa shape index (κ1) is 12.0. The van der Waals surface area contributed by atoms with E-state index in [2.05, 4.69) is 17.1 Å². The van der Waals surface area contributed by atoms with Gasteiger partial charge in [0.15, 0.2) is 0 Å². The van der Waals surface area contributed by atoms with Gasteiger partial charge < -0.3 is 9.52 Å². The summed E-state index contributed by atoms with van der Waals surface area (Å²) in [6, 6.07) is 0. The smallest absolute Gasteiger partial charge is 0.304 e. The van der Waals surface area contributed by atoms with E-state index in [1.807, 2.05) is 0 Å². The molecule has 1 N–H and O–H groups in total. The number of unbranched alkanes of at least 4 members (excludes halogenated alkanes) is 1. The largest absolute Gasteiger partial charge is 0.481 e. The van der Waals surface area contributed by atoms with Crippen molar-refractivity contribution in [2.45, 2.75) is 37.8 Å². The molecule has 0 saturated carbocycles. The molecule has 0 amide bonds. The van der Waals surface area contributed by atoms with E-state index in [1.54, 1.807) is 0 Å². The van der Waals surface area contributed by atoms with Crippen LogP contribution in [-0.4, -0.2) is 27.0 Å². The lowest BCUT2D eigenvalue weighted by atomic mass is 10.2. The van der Waals surface area contributed by atoms with Crippen LogP contribution in [0.5, 0.6) is 0 Å². The van der Waals surface area contributed by atoms with Gasteiger partial charge in [-0.1, -0.05) is 25.1 Å². The molecule has 0 fully saturated rings. The van der Waals surface area contributed by atoms with Gasteiger partial charge in [-0.3, -0.25) is 4.79 Å². The van der Waals surface area contributed by atoms with E-state index >= 15 is 0 Å². The van der Waals surface area contributed by atoms with Crippen LogP contribution in [0, 0.1) is 0 Å². The van der Waals surface area contributed by atoms with Crippen LogP contribution in [0.15, 0.2) is 9.64 Å². The van der Waals surface area contributed by atoms with Crippen molar-refractivity contribution in [2.75, 3.05) is 5.75 Å². The molecule has 0 radical (unpaired) electrons. The van der Waals surface area contributed by atoms with Crippen LogP contribution >= 0.6 is 11.8 Å². The Hall–Kier alpha value is -1.04. The number of nitrogens with zero attached hydrogens (tertiary/aromatic N) is 2. The third-order valence-corrected chi connectivity index (χ3v) is 2.55. The Bertz CT molecular complexity index is 314. The van der Waals surface area contributed by atoms with Crippen molar-refractivity contribution in [3.05, 3.63) is 5.89 Å². The summed E-state index contributed by atoms with van der Waals surface area (Å²) < 4.78 is 5.32. The molecule has 0 aliphatic carbocycles. The normalized spacial score (nSPS) is 10.5. The lowest BCUT2D eigenvalue weighted by Crippen LogP contribution is -1.95. The van der Waals surface area contributed by atoms with Crippen LogP contribution in [0.3, 0.4) is 0 Å². The highest BCUT2D eigenvalue weighted by Crippen LogP contribution is 2.17. The number of rotatable bonds is 7. The number of hydrogen-bond donors (Lipinski definition) is 1. The molecule has 1 aromatic heterocycles. The van der Waals surface area contributed by atoms with E-state index in [4.69, 9.17) is 9.52 Å². The number of aryl methyl sites for hydroxylation is 1. The van der Waals surface area contributed by atoms with Crippen LogP contribution in [0.4, 0.5) is 0 Å². The van der Waals surface area contributed by atoms with Crippen molar-refractivity contribution in [3.8, 4) is 0 Å². The average Bonchev–Trinajstić information content (AvgIpc) is 2.62. The van der Waals surface area contributed by atoms with Gasteiger partial charge in [-0.15, -0.1) is 10.2 Å². The molecule has 1 rings (SSSR count). The number of carboxylic acids is 1. The molecule has 0 aliphatic heterocycles. The first-order valence-electron chi connectivity index (χ1n) is 4.89. The molecule has 84 valence electrons. The second kappa shape index (κ2) is 6.44. The summed E-state index contributed by atoms with van der Waals surface area (Å²) in [5.41, 5.74) is 0. The molecule has 0 atom stereocenters. The van der Waals surface area contributed by atoms with Gasteiger partial charge in [-0.2, -0.15) is 0 Å². The highest BCUT2D eigenvalue weighted by molar-refractivity contribution is 7.99. The number of carbonyl (C=O) groups is 1. The summed E-state index contributed by atoms with van der Waals surface area (Å²) in [6.07, 6.45) is 3.02. The number of aliphatic carboxylic acids is 1. The van der Waals surface area contributed by atoms with Gasteiger partial charge in [0.1, 0.15) is 0 Å². The summed E-state index contributed by atoms with van der Waals surface area (Å²) in [6.45, 7) is 2.10. The van der Waals surface area contributed by atoms with E-state index in [9.17, 15) is 4.79 Å². The fraction of sp³-hybridized carbons (Fsp3) is 0.667. The van der Waals surface area contributed by atoms with E-state index in [0.29, 0.717) is 16.9 Å². The predicted octanol–water partition coefficient (Wildman–Crippen LogP) is 1.98. The second-order valence-corrected chi connectivity index (χ2v) is 4.10. The molecule has 0 unspecified atom stereocenters. The van der Waals surface area contributed by atoms with E-state index in [0.717, 1.165) is 19.3 Å². The molecule has 1 aromatic rings. The first-order chi connectivity index (χ1) is 7.22. The molecule has 5 nitrogen and oxygen atoms in total. The Morgan fingerprint density at radius 1 is 1.53 bits per heavy atom. The van der Waals surface area contributed by atoms with E-state index in [1.165, 1.54) is 11.8 Å². The van der Waals surface area contributed by atoms with Crippen molar-refractivity contribution >= 4 is 17.7 Å². The summed E-state index contributed by atoms with van der Waals surface area (Å²) in [7, 11) is 0.